The van der Waals surface area contributed by atoms with Crippen LogP contribution in [0.4, 0.5) is 5.69 Å². The largest absolute Gasteiger partial charge is 0.478 e. The van der Waals surface area contributed by atoms with Crippen LogP contribution in [0.25, 0.3) is 6.08 Å². The van der Waals surface area contributed by atoms with Gasteiger partial charge in [-0.2, -0.15) is 5.26 Å². The van der Waals surface area contributed by atoms with Crippen molar-refractivity contribution in [3.8, 4) is 6.07 Å². The van der Waals surface area contributed by atoms with E-state index in [4.69, 9.17) is 10.4 Å². The Morgan fingerprint density at radius 1 is 1.17 bits per heavy atom. The van der Waals surface area contributed by atoms with Crippen LogP contribution in [0, 0.1) is 18.3 Å². The predicted molar refractivity (Wildman–Crippen MR) is 86.8 cm³/mol. The van der Waals surface area contributed by atoms with Crippen LogP contribution in [0.1, 0.15) is 21.5 Å². The van der Waals surface area contributed by atoms with Gasteiger partial charge >= 0.3 is 5.97 Å². The smallest absolute Gasteiger partial charge is 0.335 e. The van der Waals surface area contributed by atoms with Gasteiger partial charge < -0.3 is 10.4 Å². The third kappa shape index (κ3) is 4.29. The number of hydrogen-bond donors (Lipinski definition) is 2. The maximum absolute atomic E-state index is 12.1. The molecule has 2 aromatic rings. The summed E-state index contributed by atoms with van der Waals surface area (Å²) in [7, 11) is 0. The highest BCUT2D eigenvalue weighted by atomic mass is 16.4. The van der Waals surface area contributed by atoms with Crippen LogP contribution in [0.2, 0.25) is 0 Å². The zero-order valence-electron chi connectivity index (χ0n) is 12.4. The van der Waals surface area contributed by atoms with Crippen LogP contribution in [0.3, 0.4) is 0 Å². The molecule has 0 radical (unpaired) electrons. The summed E-state index contributed by atoms with van der Waals surface area (Å²) in [6.45, 7) is 1.92. The molecule has 5 nitrogen and oxygen atoms in total. The Morgan fingerprint density at radius 3 is 2.43 bits per heavy atom. The summed E-state index contributed by atoms with van der Waals surface area (Å²) in [6.07, 6.45) is 1.51. The molecular weight excluding hydrogens is 292 g/mol. The lowest BCUT2D eigenvalue weighted by Gasteiger charge is -2.05. The number of carbonyl (C=O) groups is 2. The number of carboxylic acids is 1. The standard InChI is InChI=1S/C18H14N2O3/c1-12-3-2-4-13(9-12)10-15(11-19)17(21)20-16-7-5-14(6-8-16)18(22)23/h2-10H,1H3,(H,20,21)(H,22,23)/b15-10-. The highest BCUT2D eigenvalue weighted by molar-refractivity contribution is 6.09. The Hall–Kier alpha value is -3.39. The fraction of sp³-hybridized carbons (Fsp3) is 0.0556. The number of aryl methyl sites for hydroxylation is 1. The Kier molecular flexibility index (Phi) is 4.90. The average molecular weight is 306 g/mol. The number of rotatable bonds is 4. The zero-order chi connectivity index (χ0) is 16.8. The van der Waals surface area contributed by atoms with Gasteiger partial charge in [-0.1, -0.05) is 29.8 Å². The van der Waals surface area contributed by atoms with Gasteiger partial charge in [0.15, 0.2) is 0 Å². The topological polar surface area (TPSA) is 90.2 Å². The van der Waals surface area contributed by atoms with Gasteiger partial charge in [-0.05, 0) is 42.8 Å². The number of carbonyl (C=O) groups excluding carboxylic acids is 1. The summed E-state index contributed by atoms with van der Waals surface area (Å²) in [5.74, 6) is -1.59. The van der Waals surface area contributed by atoms with E-state index in [0.717, 1.165) is 11.1 Å². The van der Waals surface area contributed by atoms with E-state index in [-0.39, 0.29) is 11.1 Å². The first kappa shape index (κ1) is 16.0. The lowest BCUT2D eigenvalue weighted by molar-refractivity contribution is -0.112. The Labute approximate surface area is 133 Å². The number of nitrogens with one attached hydrogen (secondary N) is 1. The molecule has 0 unspecified atom stereocenters. The number of carboxylic acid groups (broad SMARTS) is 1. The fourth-order valence-electron chi connectivity index (χ4n) is 1.97. The van der Waals surface area contributed by atoms with E-state index < -0.39 is 11.9 Å². The SMILES string of the molecule is Cc1cccc(/C=C(/C#N)C(=O)Nc2ccc(C(=O)O)cc2)c1. The molecular formula is C18H14N2O3. The number of nitriles is 1. The predicted octanol–water partition coefficient (Wildman–Crippen LogP) is 3.24. The van der Waals surface area contributed by atoms with Crippen LogP contribution >= 0.6 is 0 Å². The van der Waals surface area contributed by atoms with Crippen molar-refractivity contribution in [3.63, 3.8) is 0 Å². The Morgan fingerprint density at radius 2 is 1.87 bits per heavy atom. The van der Waals surface area contributed by atoms with Crippen molar-refractivity contribution in [2.45, 2.75) is 6.92 Å². The minimum Gasteiger partial charge on any atom is -0.478 e. The summed E-state index contributed by atoms with van der Waals surface area (Å²) in [5, 5.41) is 20.6. The van der Waals surface area contributed by atoms with Crippen molar-refractivity contribution in [1.82, 2.24) is 0 Å². The normalized spacial score (nSPS) is 10.7. The summed E-state index contributed by atoms with van der Waals surface area (Å²) in [5.41, 5.74) is 2.31. The van der Waals surface area contributed by atoms with Crippen molar-refractivity contribution in [2.24, 2.45) is 0 Å². The third-order valence-corrected chi connectivity index (χ3v) is 3.11. The summed E-state index contributed by atoms with van der Waals surface area (Å²) in [4.78, 5) is 22.9. The van der Waals surface area contributed by atoms with Crippen molar-refractivity contribution < 1.29 is 14.7 Å². The molecule has 0 heterocycles. The third-order valence-electron chi connectivity index (χ3n) is 3.11. The lowest BCUT2D eigenvalue weighted by Crippen LogP contribution is -2.13. The van der Waals surface area contributed by atoms with Gasteiger partial charge in [-0.25, -0.2) is 4.79 Å². The second-order valence-electron chi connectivity index (χ2n) is 4.92. The fourth-order valence-corrected chi connectivity index (χ4v) is 1.97. The van der Waals surface area contributed by atoms with Gasteiger partial charge in [0.2, 0.25) is 0 Å². The molecule has 0 aliphatic heterocycles. The second kappa shape index (κ2) is 7.05. The lowest BCUT2D eigenvalue weighted by atomic mass is 10.1. The molecule has 0 aliphatic carbocycles. The molecule has 0 spiro atoms. The van der Waals surface area contributed by atoms with Gasteiger partial charge in [0.25, 0.3) is 5.91 Å². The van der Waals surface area contributed by atoms with Gasteiger partial charge in [-0.3, -0.25) is 4.79 Å². The number of hydrogen-bond acceptors (Lipinski definition) is 3. The van der Waals surface area contributed by atoms with Crippen molar-refractivity contribution in [1.29, 1.82) is 5.26 Å². The van der Waals surface area contributed by atoms with Gasteiger partial charge in [0.1, 0.15) is 11.6 Å². The molecule has 0 saturated heterocycles. The van der Waals surface area contributed by atoms with Crippen molar-refractivity contribution in [3.05, 3.63) is 70.8 Å². The number of amides is 1. The molecule has 2 rings (SSSR count). The summed E-state index contributed by atoms with van der Waals surface area (Å²) >= 11 is 0. The number of anilines is 1. The molecule has 23 heavy (non-hydrogen) atoms. The van der Waals surface area contributed by atoms with Crippen LogP contribution in [0.5, 0.6) is 0 Å². The molecule has 1 amide bonds. The van der Waals surface area contributed by atoms with Crippen LogP contribution in [-0.4, -0.2) is 17.0 Å². The maximum atomic E-state index is 12.1. The van der Waals surface area contributed by atoms with Gasteiger partial charge in [0.05, 0.1) is 5.56 Å². The first-order valence-electron chi connectivity index (χ1n) is 6.83. The van der Waals surface area contributed by atoms with E-state index >= 15 is 0 Å². The number of nitrogens with zero attached hydrogens (tertiary/aromatic N) is 1. The highest BCUT2D eigenvalue weighted by Gasteiger charge is 2.10. The second-order valence-corrected chi connectivity index (χ2v) is 4.92. The Bertz CT molecular complexity index is 815. The molecule has 0 bridgehead atoms. The molecule has 114 valence electrons. The zero-order valence-corrected chi connectivity index (χ0v) is 12.4. The Balaban J connectivity index is 2.17. The summed E-state index contributed by atoms with van der Waals surface area (Å²) in [6, 6.07) is 15.0. The van der Waals surface area contributed by atoms with E-state index in [1.165, 1.54) is 30.3 Å². The van der Waals surface area contributed by atoms with Crippen LogP contribution in [0.15, 0.2) is 54.1 Å². The van der Waals surface area contributed by atoms with Gasteiger partial charge in [0, 0.05) is 5.69 Å². The molecule has 0 fully saturated rings. The molecule has 0 aliphatic rings. The van der Waals surface area contributed by atoms with E-state index in [1.54, 1.807) is 6.07 Å². The molecule has 0 atom stereocenters. The first-order chi connectivity index (χ1) is 11.0. The molecule has 2 aromatic carbocycles. The van der Waals surface area contributed by atoms with Crippen LogP contribution in [-0.2, 0) is 4.79 Å². The van der Waals surface area contributed by atoms with E-state index in [1.807, 2.05) is 31.2 Å². The molecule has 0 saturated carbocycles. The molecule has 2 N–H and O–H groups in total. The van der Waals surface area contributed by atoms with Crippen molar-refractivity contribution in [2.75, 3.05) is 5.32 Å². The van der Waals surface area contributed by atoms with E-state index in [9.17, 15) is 9.59 Å². The van der Waals surface area contributed by atoms with E-state index in [2.05, 4.69) is 5.32 Å². The van der Waals surface area contributed by atoms with E-state index in [0.29, 0.717) is 5.69 Å². The first-order valence-corrected chi connectivity index (χ1v) is 6.83. The monoisotopic (exact) mass is 306 g/mol. The van der Waals surface area contributed by atoms with Gasteiger partial charge in [-0.15, -0.1) is 0 Å². The summed E-state index contributed by atoms with van der Waals surface area (Å²) < 4.78 is 0. The average Bonchev–Trinajstić information content (AvgIpc) is 2.53. The number of aromatic carboxylic acids is 1. The maximum Gasteiger partial charge on any atom is 0.335 e. The molecule has 5 heteroatoms. The highest BCUT2D eigenvalue weighted by Crippen LogP contribution is 2.13. The quantitative estimate of drug-likeness (QED) is 0.670. The molecule has 0 aromatic heterocycles. The van der Waals surface area contributed by atoms with Crippen LogP contribution < -0.4 is 5.32 Å². The minimum absolute atomic E-state index is 0.0297. The minimum atomic E-state index is -1.04. The number of benzene rings is 2. The van der Waals surface area contributed by atoms with Crippen molar-refractivity contribution >= 4 is 23.6 Å².